The molecule has 18 heavy (non-hydrogen) atoms. The van der Waals surface area contributed by atoms with Gasteiger partial charge in [-0.15, -0.1) is 0 Å². The lowest BCUT2D eigenvalue weighted by molar-refractivity contribution is -0.0130. The fourth-order valence-electron chi connectivity index (χ4n) is 1.99. The Morgan fingerprint density at radius 2 is 1.94 bits per heavy atom. The summed E-state index contributed by atoms with van der Waals surface area (Å²) in [4.78, 5) is 2.81. The Hall–Kier alpha value is -0.553. The van der Waals surface area contributed by atoms with Gasteiger partial charge < -0.3 is 9.53 Å². The Kier molecular flexibility index (Phi) is 4.83. The number of aliphatic hydroxyl groups is 1. The minimum absolute atomic E-state index is 0.123. The van der Waals surface area contributed by atoms with E-state index >= 15 is 0 Å². The monoisotopic (exact) mass is 271 g/mol. The minimum atomic E-state index is -1.88. The normalized spacial score (nSPS) is 29.8. The van der Waals surface area contributed by atoms with Crippen LogP contribution in [0.25, 0.3) is 10.4 Å². The van der Waals surface area contributed by atoms with Crippen LogP contribution >= 0.6 is 0 Å². The Morgan fingerprint density at radius 1 is 1.33 bits per heavy atom. The van der Waals surface area contributed by atoms with E-state index in [9.17, 15) is 5.11 Å². The molecule has 104 valence electrons. The number of aliphatic hydroxyl groups excluding tert-OH is 1. The van der Waals surface area contributed by atoms with Crippen LogP contribution in [0.3, 0.4) is 0 Å². The van der Waals surface area contributed by atoms with Crippen LogP contribution in [-0.4, -0.2) is 31.7 Å². The highest BCUT2D eigenvalue weighted by molar-refractivity contribution is 6.74. The standard InChI is InChI=1S/C12H25N3O2Si/c1-12(2,3)18(4,5)17-10-8-6-7-9(11(10)16)14-15-13/h9-11,16H,6-8H2,1-5H3/t9-,10+,11+/m0/s1. The van der Waals surface area contributed by atoms with Crippen LogP contribution < -0.4 is 0 Å². The number of rotatable bonds is 3. The van der Waals surface area contributed by atoms with Gasteiger partial charge in [-0.05, 0) is 36.5 Å². The molecule has 1 aliphatic rings. The summed E-state index contributed by atoms with van der Waals surface area (Å²) in [5.74, 6) is 0. The molecule has 1 aliphatic carbocycles. The van der Waals surface area contributed by atoms with Gasteiger partial charge in [-0.2, -0.15) is 0 Å². The Bertz CT molecular complexity index is 335. The van der Waals surface area contributed by atoms with Gasteiger partial charge in [-0.25, -0.2) is 0 Å². The highest BCUT2D eigenvalue weighted by atomic mass is 28.4. The molecule has 0 unspecified atom stereocenters. The number of hydrogen-bond acceptors (Lipinski definition) is 3. The molecule has 0 saturated heterocycles. The SMILES string of the molecule is CC(C)(C)[Si](C)(C)O[C@@H]1CCC[C@H](N=[N+]=[N-])[C@H]1O. The predicted molar refractivity (Wildman–Crippen MR) is 74.9 cm³/mol. The van der Waals surface area contributed by atoms with Crippen LogP contribution in [0.15, 0.2) is 5.11 Å². The summed E-state index contributed by atoms with van der Waals surface area (Å²) in [7, 11) is -1.88. The second kappa shape index (κ2) is 5.61. The molecule has 1 N–H and O–H groups in total. The van der Waals surface area contributed by atoms with Crippen LogP contribution in [0.2, 0.25) is 18.1 Å². The van der Waals surface area contributed by atoms with E-state index in [-0.39, 0.29) is 17.2 Å². The van der Waals surface area contributed by atoms with Crippen LogP contribution in [0.5, 0.6) is 0 Å². The van der Waals surface area contributed by atoms with Crippen molar-refractivity contribution in [1.82, 2.24) is 0 Å². The first kappa shape index (κ1) is 15.5. The molecule has 0 amide bonds. The predicted octanol–water partition coefficient (Wildman–Crippen LogP) is 3.60. The van der Waals surface area contributed by atoms with Gasteiger partial charge in [0.25, 0.3) is 0 Å². The van der Waals surface area contributed by atoms with Gasteiger partial charge >= 0.3 is 0 Å². The molecule has 0 radical (unpaired) electrons. The van der Waals surface area contributed by atoms with Crippen molar-refractivity contribution in [2.45, 2.75) is 76.4 Å². The summed E-state index contributed by atoms with van der Waals surface area (Å²) in [6, 6.07) is -0.335. The molecule has 0 aliphatic heterocycles. The second-order valence-corrected chi connectivity index (χ2v) is 11.4. The molecule has 1 saturated carbocycles. The third-order valence-electron chi connectivity index (χ3n) is 4.22. The first-order valence-electron chi connectivity index (χ1n) is 6.59. The lowest BCUT2D eigenvalue weighted by Crippen LogP contribution is -2.50. The highest BCUT2D eigenvalue weighted by Gasteiger charge is 2.42. The zero-order chi connectivity index (χ0) is 14.0. The zero-order valence-electron chi connectivity index (χ0n) is 12.1. The van der Waals surface area contributed by atoms with Crippen LogP contribution in [0.1, 0.15) is 40.0 Å². The molecule has 0 bridgehead atoms. The van der Waals surface area contributed by atoms with Crippen molar-refractivity contribution in [2.24, 2.45) is 5.11 Å². The summed E-state index contributed by atoms with van der Waals surface area (Å²) in [6.07, 6.45) is 1.70. The average Bonchev–Trinajstić information content (AvgIpc) is 2.22. The minimum Gasteiger partial charge on any atom is -0.411 e. The van der Waals surface area contributed by atoms with E-state index < -0.39 is 14.4 Å². The van der Waals surface area contributed by atoms with Crippen molar-refractivity contribution in [1.29, 1.82) is 0 Å². The maximum absolute atomic E-state index is 10.2. The van der Waals surface area contributed by atoms with Crippen molar-refractivity contribution in [2.75, 3.05) is 0 Å². The van der Waals surface area contributed by atoms with Gasteiger partial charge in [-0.1, -0.05) is 32.3 Å². The number of azide groups is 1. The molecule has 0 aromatic carbocycles. The average molecular weight is 271 g/mol. The summed E-state index contributed by atoms with van der Waals surface area (Å²) < 4.78 is 6.24. The smallest absolute Gasteiger partial charge is 0.192 e. The Labute approximate surface area is 110 Å². The molecule has 1 fully saturated rings. The lowest BCUT2D eigenvalue weighted by atomic mass is 9.91. The van der Waals surface area contributed by atoms with Crippen LogP contribution in [0, 0.1) is 0 Å². The molecule has 0 spiro atoms. The maximum atomic E-state index is 10.2. The summed E-state index contributed by atoms with van der Waals surface area (Å²) in [6.45, 7) is 10.9. The van der Waals surface area contributed by atoms with E-state index in [1.165, 1.54) is 0 Å². The van der Waals surface area contributed by atoms with Crippen molar-refractivity contribution in [3.63, 3.8) is 0 Å². The molecule has 0 aromatic heterocycles. The topological polar surface area (TPSA) is 78.2 Å². The highest BCUT2D eigenvalue weighted by Crippen LogP contribution is 2.39. The summed E-state index contributed by atoms with van der Waals surface area (Å²) in [5, 5.41) is 14.0. The van der Waals surface area contributed by atoms with Gasteiger partial charge in [0.1, 0.15) is 0 Å². The first-order chi connectivity index (χ1) is 8.19. The molecule has 0 heterocycles. The zero-order valence-corrected chi connectivity index (χ0v) is 13.1. The van der Waals surface area contributed by atoms with E-state index in [0.717, 1.165) is 19.3 Å². The fraction of sp³-hybridized carbons (Fsp3) is 1.00. The van der Waals surface area contributed by atoms with E-state index in [1.54, 1.807) is 0 Å². The Morgan fingerprint density at radius 3 is 2.44 bits per heavy atom. The van der Waals surface area contributed by atoms with Crippen molar-refractivity contribution >= 4 is 8.32 Å². The van der Waals surface area contributed by atoms with Crippen molar-refractivity contribution < 1.29 is 9.53 Å². The fourth-order valence-corrected chi connectivity index (χ4v) is 3.36. The third kappa shape index (κ3) is 3.48. The van der Waals surface area contributed by atoms with E-state index in [1.807, 2.05) is 0 Å². The van der Waals surface area contributed by atoms with E-state index in [4.69, 9.17) is 9.96 Å². The van der Waals surface area contributed by atoms with Gasteiger partial charge in [0.15, 0.2) is 8.32 Å². The molecule has 3 atom stereocenters. The molecule has 5 nitrogen and oxygen atoms in total. The molecular weight excluding hydrogens is 246 g/mol. The Balaban J connectivity index is 2.75. The first-order valence-corrected chi connectivity index (χ1v) is 9.50. The van der Waals surface area contributed by atoms with Crippen LogP contribution in [0.4, 0.5) is 0 Å². The summed E-state index contributed by atoms with van der Waals surface area (Å²) in [5.41, 5.74) is 8.50. The maximum Gasteiger partial charge on any atom is 0.192 e. The van der Waals surface area contributed by atoms with Gasteiger partial charge in [0.05, 0.1) is 18.2 Å². The number of nitrogens with zero attached hydrogens (tertiary/aromatic N) is 3. The quantitative estimate of drug-likeness (QED) is 0.368. The molecule has 0 aromatic rings. The molecule has 6 heteroatoms. The van der Waals surface area contributed by atoms with Crippen LogP contribution in [-0.2, 0) is 4.43 Å². The molecule has 1 rings (SSSR count). The largest absolute Gasteiger partial charge is 0.411 e. The lowest BCUT2D eigenvalue weighted by Gasteiger charge is -2.43. The van der Waals surface area contributed by atoms with Gasteiger partial charge in [0.2, 0.25) is 0 Å². The van der Waals surface area contributed by atoms with Gasteiger partial charge in [0, 0.05) is 4.91 Å². The summed E-state index contributed by atoms with van der Waals surface area (Å²) >= 11 is 0. The van der Waals surface area contributed by atoms with E-state index in [0.29, 0.717) is 0 Å². The van der Waals surface area contributed by atoms with E-state index in [2.05, 4.69) is 43.9 Å². The van der Waals surface area contributed by atoms with Gasteiger partial charge in [-0.3, -0.25) is 0 Å². The molecular formula is C12H25N3O2Si. The number of hydrogen-bond donors (Lipinski definition) is 1. The third-order valence-corrected chi connectivity index (χ3v) is 8.72. The second-order valence-electron chi connectivity index (χ2n) is 6.61. The van der Waals surface area contributed by atoms with Crippen molar-refractivity contribution in [3.8, 4) is 0 Å². The van der Waals surface area contributed by atoms with Crippen molar-refractivity contribution in [3.05, 3.63) is 10.4 Å².